The molecular formula is C13H12ClFN2. The van der Waals surface area contributed by atoms with E-state index in [4.69, 9.17) is 11.6 Å². The van der Waals surface area contributed by atoms with Gasteiger partial charge in [0.2, 0.25) is 0 Å². The molecule has 88 valence electrons. The normalized spacial score (nSPS) is 10.6. The maximum atomic E-state index is 13.5. The minimum absolute atomic E-state index is 0.263. The van der Waals surface area contributed by atoms with Gasteiger partial charge in [-0.3, -0.25) is 0 Å². The average Bonchev–Trinajstić information content (AvgIpc) is 2.29. The van der Waals surface area contributed by atoms with Crippen LogP contribution in [0.5, 0.6) is 0 Å². The van der Waals surface area contributed by atoms with Crippen LogP contribution in [0.1, 0.15) is 16.8 Å². The second-order valence-corrected chi connectivity index (χ2v) is 4.37. The van der Waals surface area contributed by atoms with Crippen LogP contribution in [-0.4, -0.2) is 9.97 Å². The zero-order chi connectivity index (χ0) is 12.6. The van der Waals surface area contributed by atoms with Gasteiger partial charge in [-0.15, -0.1) is 0 Å². The summed E-state index contributed by atoms with van der Waals surface area (Å²) < 4.78 is 13.5. The number of halogens is 2. The first-order valence-corrected chi connectivity index (χ1v) is 5.64. The molecule has 0 aliphatic carbocycles. The fraction of sp³-hybridized carbons (Fsp3) is 0.231. The van der Waals surface area contributed by atoms with Gasteiger partial charge in [-0.25, -0.2) is 14.4 Å². The van der Waals surface area contributed by atoms with E-state index in [2.05, 4.69) is 9.97 Å². The van der Waals surface area contributed by atoms with E-state index < -0.39 is 0 Å². The molecule has 0 unspecified atom stereocenters. The fourth-order valence-corrected chi connectivity index (χ4v) is 1.67. The van der Waals surface area contributed by atoms with E-state index >= 15 is 0 Å². The van der Waals surface area contributed by atoms with Gasteiger partial charge in [-0.1, -0.05) is 23.7 Å². The number of aromatic nitrogens is 2. The smallest absolute Gasteiger partial charge is 0.161 e. The second kappa shape index (κ2) is 4.41. The van der Waals surface area contributed by atoms with Crippen molar-refractivity contribution in [3.63, 3.8) is 0 Å². The van der Waals surface area contributed by atoms with Crippen LogP contribution in [0.15, 0.2) is 18.2 Å². The van der Waals surface area contributed by atoms with Gasteiger partial charge in [0.25, 0.3) is 0 Å². The third-order valence-electron chi connectivity index (χ3n) is 2.76. The maximum absolute atomic E-state index is 13.5. The molecule has 1 aromatic carbocycles. The first-order valence-electron chi connectivity index (χ1n) is 5.26. The molecule has 0 atom stereocenters. The fourth-order valence-electron chi connectivity index (χ4n) is 1.45. The van der Waals surface area contributed by atoms with Crippen molar-refractivity contribution in [1.29, 1.82) is 0 Å². The van der Waals surface area contributed by atoms with Crippen molar-refractivity contribution in [2.45, 2.75) is 20.8 Å². The van der Waals surface area contributed by atoms with Crippen molar-refractivity contribution in [2.24, 2.45) is 0 Å². The molecule has 0 fully saturated rings. The van der Waals surface area contributed by atoms with Crippen molar-refractivity contribution in [1.82, 2.24) is 9.97 Å². The molecular weight excluding hydrogens is 239 g/mol. The van der Waals surface area contributed by atoms with Gasteiger partial charge in [-0.2, -0.15) is 0 Å². The van der Waals surface area contributed by atoms with Crippen molar-refractivity contribution in [2.75, 3.05) is 0 Å². The van der Waals surface area contributed by atoms with Crippen molar-refractivity contribution in [3.05, 3.63) is 46.0 Å². The van der Waals surface area contributed by atoms with Crippen LogP contribution in [0.3, 0.4) is 0 Å². The highest BCUT2D eigenvalue weighted by Crippen LogP contribution is 2.22. The molecule has 0 N–H and O–H groups in total. The Morgan fingerprint density at radius 2 is 1.82 bits per heavy atom. The third kappa shape index (κ3) is 2.29. The van der Waals surface area contributed by atoms with E-state index in [9.17, 15) is 4.39 Å². The van der Waals surface area contributed by atoms with Crippen LogP contribution in [0.25, 0.3) is 11.4 Å². The lowest BCUT2D eigenvalue weighted by atomic mass is 10.1. The Kier molecular flexibility index (Phi) is 3.11. The molecule has 1 aromatic heterocycles. The summed E-state index contributed by atoms with van der Waals surface area (Å²) in [5.74, 6) is 0.192. The summed E-state index contributed by atoms with van der Waals surface area (Å²) in [5.41, 5.74) is 2.89. The minimum Gasteiger partial charge on any atom is -0.233 e. The summed E-state index contributed by atoms with van der Waals surface area (Å²) in [6, 6.07) is 4.92. The van der Waals surface area contributed by atoms with Crippen LogP contribution in [-0.2, 0) is 0 Å². The lowest BCUT2D eigenvalue weighted by Gasteiger charge is -2.06. The number of hydrogen-bond acceptors (Lipinski definition) is 2. The number of rotatable bonds is 1. The van der Waals surface area contributed by atoms with Gasteiger partial charge in [0, 0.05) is 16.8 Å². The zero-order valence-corrected chi connectivity index (χ0v) is 10.6. The van der Waals surface area contributed by atoms with Gasteiger partial charge in [-0.05, 0) is 32.4 Å². The Labute approximate surface area is 104 Å². The first kappa shape index (κ1) is 12.0. The SMILES string of the molecule is Cc1ccc(-c2nc(C)c(C)c(Cl)n2)cc1F. The Morgan fingerprint density at radius 1 is 1.12 bits per heavy atom. The molecule has 2 aromatic rings. The first-order chi connectivity index (χ1) is 7.99. The Bertz CT molecular complexity index is 559. The zero-order valence-electron chi connectivity index (χ0n) is 9.88. The van der Waals surface area contributed by atoms with Crippen LogP contribution in [0.2, 0.25) is 5.15 Å². The standard InChI is InChI=1S/C13H12ClFN2/c1-7-4-5-10(6-11(7)15)13-16-9(3)8(2)12(14)17-13/h4-6H,1-3H3. The van der Waals surface area contributed by atoms with Gasteiger partial charge in [0.05, 0.1) is 0 Å². The largest absolute Gasteiger partial charge is 0.233 e. The highest BCUT2D eigenvalue weighted by Gasteiger charge is 2.09. The molecule has 0 radical (unpaired) electrons. The van der Waals surface area contributed by atoms with Crippen LogP contribution >= 0.6 is 11.6 Å². The van der Waals surface area contributed by atoms with Crippen molar-refractivity contribution < 1.29 is 4.39 Å². The molecule has 0 spiro atoms. The molecule has 4 heteroatoms. The second-order valence-electron chi connectivity index (χ2n) is 4.01. The van der Waals surface area contributed by atoms with E-state index in [-0.39, 0.29) is 5.82 Å². The molecule has 0 amide bonds. The van der Waals surface area contributed by atoms with Crippen LogP contribution in [0.4, 0.5) is 4.39 Å². The van der Waals surface area contributed by atoms with E-state index in [1.165, 1.54) is 6.07 Å². The quantitative estimate of drug-likeness (QED) is 0.718. The molecule has 0 bridgehead atoms. The number of aryl methyl sites for hydroxylation is 2. The van der Waals surface area contributed by atoms with Gasteiger partial charge in [0.15, 0.2) is 5.82 Å². The molecule has 0 aliphatic rings. The Hall–Kier alpha value is -1.48. The lowest BCUT2D eigenvalue weighted by Crippen LogP contribution is -1.97. The summed E-state index contributed by atoms with van der Waals surface area (Å²) >= 11 is 6.00. The average molecular weight is 251 g/mol. The Morgan fingerprint density at radius 3 is 2.41 bits per heavy atom. The monoisotopic (exact) mass is 250 g/mol. The van der Waals surface area contributed by atoms with Crippen LogP contribution < -0.4 is 0 Å². The summed E-state index contributed by atoms with van der Waals surface area (Å²) in [4.78, 5) is 8.47. The number of nitrogens with zero attached hydrogens (tertiary/aromatic N) is 2. The van der Waals surface area contributed by atoms with Gasteiger partial charge >= 0.3 is 0 Å². The van der Waals surface area contributed by atoms with E-state index in [0.29, 0.717) is 22.1 Å². The Balaban J connectivity index is 2.57. The highest BCUT2D eigenvalue weighted by molar-refractivity contribution is 6.30. The number of benzene rings is 1. The topological polar surface area (TPSA) is 25.8 Å². The molecule has 17 heavy (non-hydrogen) atoms. The molecule has 0 saturated carbocycles. The molecule has 1 heterocycles. The summed E-state index contributed by atoms with van der Waals surface area (Å²) in [6.45, 7) is 5.43. The van der Waals surface area contributed by atoms with E-state index in [1.807, 2.05) is 13.8 Å². The summed E-state index contributed by atoms with van der Waals surface area (Å²) in [7, 11) is 0. The van der Waals surface area contributed by atoms with E-state index in [0.717, 1.165) is 11.3 Å². The lowest BCUT2D eigenvalue weighted by molar-refractivity contribution is 0.619. The molecule has 0 saturated heterocycles. The molecule has 2 nitrogen and oxygen atoms in total. The summed E-state index contributed by atoms with van der Waals surface area (Å²) in [6.07, 6.45) is 0. The van der Waals surface area contributed by atoms with Gasteiger partial charge in [0.1, 0.15) is 11.0 Å². The van der Waals surface area contributed by atoms with Crippen LogP contribution in [0, 0.1) is 26.6 Å². The summed E-state index contributed by atoms with van der Waals surface area (Å²) in [5, 5.41) is 0.411. The maximum Gasteiger partial charge on any atom is 0.161 e. The third-order valence-corrected chi connectivity index (χ3v) is 3.13. The molecule has 0 aliphatic heterocycles. The predicted octanol–water partition coefficient (Wildman–Crippen LogP) is 3.86. The predicted molar refractivity (Wildman–Crippen MR) is 66.6 cm³/mol. The minimum atomic E-state index is -0.263. The molecule has 2 rings (SSSR count). The highest BCUT2D eigenvalue weighted by atomic mass is 35.5. The van der Waals surface area contributed by atoms with Crippen molar-refractivity contribution in [3.8, 4) is 11.4 Å². The van der Waals surface area contributed by atoms with Gasteiger partial charge < -0.3 is 0 Å². The van der Waals surface area contributed by atoms with E-state index in [1.54, 1.807) is 19.1 Å². The number of hydrogen-bond donors (Lipinski definition) is 0. The van der Waals surface area contributed by atoms with Crippen molar-refractivity contribution >= 4 is 11.6 Å².